The van der Waals surface area contributed by atoms with Crippen molar-refractivity contribution in [3.63, 3.8) is 0 Å². The summed E-state index contributed by atoms with van der Waals surface area (Å²) >= 11 is 0. The summed E-state index contributed by atoms with van der Waals surface area (Å²) in [6.07, 6.45) is 5.00. The average Bonchev–Trinajstić information content (AvgIpc) is 3.07. The van der Waals surface area contributed by atoms with Crippen molar-refractivity contribution in [1.82, 2.24) is 23.6 Å². The molecule has 0 unspecified atom stereocenters. The van der Waals surface area contributed by atoms with Crippen LogP contribution in [0.1, 0.15) is 32.1 Å². The number of hydrogen-bond acceptors (Lipinski definition) is 5. The molecule has 0 aromatic carbocycles. The predicted molar refractivity (Wildman–Crippen MR) is 109 cm³/mol. The van der Waals surface area contributed by atoms with Crippen LogP contribution in [0.2, 0.25) is 0 Å². The van der Waals surface area contributed by atoms with Crippen LogP contribution in [0.4, 0.5) is 5.95 Å². The Bertz CT molecular complexity index is 1000. The molecule has 4 rings (SSSR count). The second kappa shape index (κ2) is 8.08. The molecule has 0 spiro atoms. The minimum absolute atomic E-state index is 0. The third-order valence-corrected chi connectivity index (χ3v) is 5.72. The highest BCUT2D eigenvalue weighted by Gasteiger charge is 2.30. The largest absolute Gasteiger partial charge is 0.332 e. The highest BCUT2D eigenvalue weighted by molar-refractivity contribution is 5.95. The molecule has 0 bridgehead atoms. The second-order valence-electron chi connectivity index (χ2n) is 7.49. The van der Waals surface area contributed by atoms with Gasteiger partial charge in [0.25, 0.3) is 5.56 Å². The molecule has 2 aromatic heterocycles. The number of carbonyl (C=O) groups excluding carboxylic acids is 1. The molecule has 1 saturated heterocycles. The van der Waals surface area contributed by atoms with Crippen molar-refractivity contribution in [1.29, 1.82) is 0 Å². The fourth-order valence-corrected chi connectivity index (χ4v) is 4.17. The standard InChI is InChI=1S/C18H26N6O3.ClH/c1-20-15-14(16(26)21(2)18(20)27)24-12-7-13(25)23(17(24)19-15)11-6-10-22-8-4-3-5-9-22;/h3-12H2,1-2H3;1H. The highest BCUT2D eigenvalue weighted by atomic mass is 35.5. The Morgan fingerprint density at radius 1 is 0.929 bits per heavy atom. The van der Waals surface area contributed by atoms with E-state index in [4.69, 9.17) is 0 Å². The van der Waals surface area contributed by atoms with Crippen molar-refractivity contribution in [3.05, 3.63) is 20.8 Å². The summed E-state index contributed by atoms with van der Waals surface area (Å²) in [6, 6.07) is 0. The maximum absolute atomic E-state index is 12.6. The van der Waals surface area contributed by atoms with Crippen molar-refractivity contribution in [2.45, 2.75) is 38.6 Å². The van der Waals surface area contributed by atoms with Gasteiger partial charge in [-0.15, -0.1) is 12.4 Å². The van der Waals surface area contributed by atoms with E-state index < -0.39 is 5.69 Å². The molecule has 0 N–H and O–H groups in total. The van der Waals surface area contributed by atoms with Gasteiger partial charge in [-0.2, -0.15) is 4.98 Å². The van der Waals surface area contributed by atoms with Gasteiger partial charge in [-0.3, -0.25) is 23.6 Å². The van der Waals surface area contributed by atoms with E-state index in [1.54, 1.807) is 16.5 Å². The summed E-state index contributed by atoms with van der Waals surface area (Å²) in [4.78, 5) is 46.0. The summed E-state index contributed by atoms with van der Waals surface area (Å²) < 4.78 is 4.26. The van der Waals surface area contributed by atoms with Gasteiger partial charge in [0.05, 0.1) is 0 Å². The lowest BCUT2D eigenvalue weighted by atomic mass is 10.1. The fraction of sp³-hybridized carbons (Fsp3) is 0.667. The summed E-state index contributed by atoms with van der Waals surface area (Å²) in [5.41, 5.74) is -0.0441. The van der Waals surface area contributed by atoms with Gasteiger partial charge in [-0.25, -0.2) is 4.79 Å². The van der Waals surface area contributed by atoms with Crippen LogP contribution in [-0.2, 0) is 25.4 Å². The Kier molecular flexibility index (Phi) is 5.95. The molecule has 0 atom stereocenters. The van der Waals surface area contributed by atoms with Crippen molar-refractivity contribution < 1.29 is 4.79 Å². The summed E-state index contributed by atoms with van der Waals surface area (Å²) in [5, 5.41) is 0. The van der Waals surface area contributed by atoms with Crippen LogP contribution < -0.4 is 16.1 Å². The first-order chi connectivity index (χ1) is 13.0. The van der Waals surface area contributed by atoms with Gasteiger partial charge in [0.15, 0.2) is 11.2 Å². The van der Waals surface area contributed by atoms with Gasteiger partial charge in [-0.1, -0.05) is 6.42 Å². The molecule has 2 aliphatic rings. The molecule has 154 valence electrons. The van der Waals surface area contributed by atoms with Crippen molar-refractivity contribution >= 4 is 35.4 Å². The maximum atomic E-state index is 12.6. The smallest absolute Gasteiger partial charge is 0.303 e. The van der Waals surface area contributed by atoms with E-state index in [1.165, 1.54) is 30.9 Å². The van der Waals surface area contributed by atoms with Gasteiger partial charge in [0.1, 0.15) is 0 Å². The SMILES string of the molecule is Cl.Cn1c(=O)c2c(nc3n2CCC(=O)N3CCCN2CCCCC2)n(C)c1=O. The van der Waals surface area contributed by atoms with Gasteiger partial charge in [0, 0.05) is 33.6 Å². The first-order valence-corrected chi connectivity index (χ1v) is 9.68. The molecule has 2 aromatic rings. The van der Waals surface area contributed by atoms with E-state index in [0.29, 0.717) is 36.6 Å². The van der Waals surface area contributed by atoms with E-state index in [0.717, 1.165) is 30.6 Å². The minimum atomic E-state index is -0.411. The van der Waals surface area contributed by atoms with E-state index in [9.17, 15) is 14.4 Å². The predicted octanol–water partition coefficient (Wildman–Crippen LogP) is 0.468. The number of likely N-dealkylation sites (tertiary alicyclic amines) is 1. The maximum Gasteiger partial charge on any atom is 0.332 e. The van der Waals surface area contributed by atoms with Crippen LogP contribution in [0.5, 0.6) is 0 Å². The van der Waals surface area contributed by atoms with Crippen molar-refractivity contribution in [2.75, 3.05) is 31.1 Å². The van der Waals surface area contributed by atoms with Crippen molar-refractivity contribution in [2.24, 2.45) is 14.1 Å². The molecule has 9 nitrogen and oxygen atoms in total. The van der Waals surface area contributed by atoms with E-state index in [1.807, 2.05) is 0 Å². The van der Waals surface area contributed by atoms with Gasteiger partial charge in [-0.05, 0) is 38.9 Å². The topological polar surface area (TPSA) is 85.4 Å². The normalized spacial score (nSPS) is 17.6. The Balaban J connectivity index is 0.00000225. The Labute approximate surface area is 169 Å². The van der Waals surface area contributed by atoms with Crippen LogP contribution in [0, 0.1) is 0 Å². The molecule has 0 aliphatic carbocycles. The Morgan fingerprint density at radius 3 is 2.36 bits per heavy atom. The molecule has 0 saturated carbocycles. The zero-order valence-electron chi connectivity index (χ0n) is 16.4. The van der Waals surface area contributed by atoms with E-state index in [2.05, 4.69) is 9.88 Å². The van der Waals surface area contributed by atoms with Gasteiger partial charge in [0.2, 0.25) is 11.9 Å². The van der Waals surface area contributed by atoms with Crippen LogP contribution in [0.15, 0.2) is 9.59 Å². The first-order valence-electron chi connectivity index (χ1n) is 9.68. The van der Waals surface area contributed by atoms with Crippen LogP contribution in [0.25, 0.3) is 11.2 Å². The number of imidazole rings is 1. The van der Waals surface area contributed by atoms with Crippen molar-refractivity contribution in [3.8, 4) is 0 Å². The third-order valence-electron chi connectivity index (χ3n) is 5.72. The van der Waals surface area contributed by atoms with E-state index in [-0.39, 0.29) is 23.9 Å². The van der Waals surface area contributed by atoms with Crippen LogP contribution in [-0.4, -0.2) is 55.7 Å². The summed E-state index contributed by atoms with van der Waals surface area (Å²) in [5.74, 6) is 0.511. The average molecular weight is 411 g/mol. The number of hydrogen-bond donors (Lipinski definition) is 0. The molecule has 10 heteroatoms. The number of amides is 1. The Morgan fingerprint density at radius 2 is 1.64 bits per heavy atom. The molecular formula is C18H27ClN6O3. The number of aryl methyl sites for hydroxylation is 2. The fourth-order valence-electron chi connectivity index (χ4n) is 4.17. The molecular weight excluding hydrogens is 384 g/mol. The second-order valence-corrected chi connectivity index (χ2v) is 7.49. The van der Waals surface area contributed by atoms with Gasteiger partial charge >= 0.3 is 5.69 Å². The number of halogens is 1. The van der Waals surface area contributed by atoms with E-state index >= 15 is 0 Å². The number of anilines is 1. The Hall–Kier alpha value is -2.13. The number of carbonyl (C=O) groups is 1. The van der Waals surface area contributed by atoms with Crippen LogP contribution >= 0.6 is 12.4 Å². The summed E-state index contributed by atoms with van der Waals surface area (Å²) in [7, 11) is 3.07. The lowest BCUT2D eigenvalue weighted by molar-refractivity contribution is -0.119. The number of aromatic nitrogens is 4. The number of nitrogens with zero attached hydrogens (tertiary/aromatic N) is 6. The minimum Gasteiger partial charge on any atom is -0.303 e. The molecule has 0 radical (unpaired) electrons. The molecule has 2 aliphatic heterocycles. The first kappa shape index (κ1) is 20.6. The summed E-state index contributed by atoms with van der Waals surface area (Å²) in [6.45, 7) is 4.22. The monoisotopic (exact) mass is 410 g/mol. The molecule has 1 amide bonds. The lowest BCUT2D eigenvalue weighted by Gasteiger charge is -2.30. The third kappa shape index (κ3) is 3.37. The zero-order chi connectivity index (χ0) is 19.1. The van der Waals surface area contributed by atoms with Gasteiger partial charge < -0.3 is 9.47 Å². The highest BCUT2D eigenvalue weighted by Crippen LogP contribution is 2.25. The zero-order valence-corrected chi connectivity index (χ0v) is 17.2. The quantitative estimate of drug-likeness (QED) is 0.731. The molecule has 28 heavy (non-hydrogen) atoms. The number of piperidine rings is 1. The molecule has 4 heterocycles. The number of fused-ring (bicyclic) bond motifs is 3. The van der Waals surface area contributed by atoms with Crippen LogP contribution in [0.3, 0.4) is 0 Å². The lowest BCUT2D eigenvalue weighted by Crippen LogP contribution is -2.41. The molecule has 1 fully saturated rings. The number of rotatable bonds is 4.